The summed E-state index contributed by atoms with van der Waals surface area (Å²) in [5.41, 5.74) is 1.24. The van der Waals surface area contributed by atoms with E-state index in [1.165, 1.54) is 37.7 Å². The van der Waals surface area contributed by atoms with Gasteiger partial charge in [0.25, 0.3) is 0 Å². The number of rotatable bonds is 9. The van der Waals surface area contributed by atoms with Gasteiger partial charge in [0.15, 0.2) is 5.96 Å². The molecular formula is C20H33N3O. The lowest BCUT2D eigenvalue weighted by Crippen LogP contribution is -2.44. The Bertz CT molecular complexity index is 455. The molecule has 1 aliphatic carbocycles. The van der Waals surface area contributed by atoms with Gasteiger partial charge in [0.05, 0.1) is 6.61 Å². The van der Waals surface area contributed by atoms with Gasteiger partial charge in [-0.25, -0.2) is 0 Å². The highest BCUT2D eigenvalue weighted by Gasteiger charge is 2.14. The summed E-state index contributed by atoms with van der Waals surface area (Å²) in [5, 5.41) is 6.95. The third-order valence-electron chi connectivity index (χ3n) is 4.37. The lowest BCUT2D eigenvalue weighted by molar-refractivity contribution is 0.117. The first kappa shape index (κ1) is 18.8. The third-order valence-corrected chi connectivity index (χ3v) is 4.37. The number of nitrogens with zero attached hydrogens (tertiary/aromatic N) is 1. The summed E-state index contributed by atoms with van der Waals surface area (Å²) >= 11 is 0. The van der Waals surface area contributed by atoms with E-state index in [0.29, 0.717) is 12.6 Å². The molecule has 1 saturated carbocycles. The first-order chi connectivity index (χ1) is 11.9. The topological polar surface area (TPSA) is 45.7 Å². The zero-order valence-electron chi connectivity index (χ0n) is 15.1. The predicted octanol–water partition coefficient (Wildman–Crippen LogP) is 3.87. The molecule has 1 aromatic rings. The van der Waals surface area contributed by atoms with Gasteiger partial charge >= 0.3 is 0 Å². The first-order valence-electron chi connectivity index (χ1n) is 9.55. The molecule has 1 fully saturated rings. The minimum absolute atomic E-state index is 0.603. The van der Waals surface area contributed by atoms with Gasteiger partial charge in [0.1, 0.15) is 0 Å². The van der Waals surface area contributed by atoms with Gasteiger partial charge in [-0.2, -0.15) is 0 Å². The molecule has 4 heteroatoms. The van der Waals surface area contributed by atoms with Crippen molar-refractivity contribution < 1.29 is 4.74 Å². The van der Waals surface area contributed by atoms with Crippen molar-refractivity contribution in [2.24, 2.45) is 4.99 Å². The zero-order chi connectivity index (χ0) is 16.9. The highest BCUT2D eigenvalue weighted by atomic mass is 16.5. The quantitative estimate of drug-likeness (QED) is 0.410. The SMILES string of the molecule is CCNC(=NCCCCOCc1ccccc1)NC1CCCCC1. The van der Waals surface area contributed by atoms with Gasteiger partial charge in [-0.3, -0.25) is 4.99 Å². The van der Waals surface area contributed by atoms with Gasteiger partial charge in [0.2, 0.25) is 0 Å². The summed E-state index contributed by atoms with van der Waals surface area (Å²) in [5.74, 6) is 0.981. The van der Waals surface area contributed by atoms with E-state index >= 15 is 0 Å². The number of aliphatic imine (C=N–C) groups is 1. The fourth-order valence-electron chi connectivity index (χ4n) is 3.03. The number of hydrogen-bond acceptors (Lipinski definition) is 2. The van der Waals surface area contributed by atoms with Crippen LogP contribution in [0.15, 0.2) is 35.3 Å². The molecule has 0 aromatic heterocycles. The average molecular weight is 332 g/mol. The molecule has 0 atom stereocenters. The van der Waals surface area contributed by atoms with E-state index in [1.807, 2.05) is 6.07 Å². The van der Waals surface area contributed by atoms with Gasteiger partial charge in [-0.05, 0) is 38.2 Å². The molecule has 0 radical (unpaired) electrons. The Labute approximate surface area is 147 Å². The molecule has 0 amide bonds. The van der Waals surface area contributed by atoms with Crippen LogP contribution >= 0.6 is 0 Å². The van der Waals surface area contributed by atoms with Crippen molar-refractivity contribution >= 4 is 5.96 Å². The summed E-state index contributed by atoms with van der Waals surface area (Å²) < 4.78 is 5.72. The first-order valence-corrected chi connectivity index (χ1v) is 9.55. The van der Waals surface area contributed by atoms with Crippen LogP contribution < -0.4 is 10.6 Å². The standard InChI is InChI=1S/C20H33N3O/c1-2-21-20(23-19-13-7-4-8-14-19)22-15-9-10-16-24-17-18-11-5-3-6-12-18/h3,5-6,11-12,19H,2,4,7-10,13-17H2,1H3,(H2,21,22,23). The normalized spacial score (nSPS) is 16.1. The number of unbranched alkanes of at least 4 members (excludes halogenated alkanes) is 1. The molecule has 2 rings (SSSR count). The zero-order valence-corrected chi connectivity index (χ0v) is 15.1. The van der Waals surface area contributed by atoms with Crippen molar-refractivity contribution in [1.29, 1.82) is 0 Å². The van der Waals surface area contributed by atoms with E-state index in [0.717, 1.165) is 38.5 Å². The predicted molar refractivity (Wildman–Crippen MR) is 101 cm³/mol. The number of nitrogens with one attached hydrogen (secondary N) is 2. The molecule has 4 nitrogen and oxygen atoms in total. The number of benzene rings is 1. The largest absolute Gasteiger partial charge is 0.377 e. The van der Waals surface area contributed by atoms with Crippen LogP contribution in [0.1, 0.15) is 57.4 Å². The van der Waals surface area contributed by atoms with Crippen molar-refractivity contribution in [1.82, 2.24) is 10.6 Å². The van der Waals surface area contributed by atoms with Crippen molar-refractivity contribution in [3.63, 3.8) is 0 Å². The Kier molecular flexibility index (Phi) is 9.32. The third kappa shape index (κ3) is 7.82. The Hall–Kier alpha value is -1.55. The van der Waals surface area contributed by atoms with E-state index in [1.54, 1.807) is 0 Å². The maximum absolute atomic E-state index is 5.72. The molecule has 0 spiro atoms. The van der Waals surface area contributed by atoms with Crippen LogP contribution in [0.2, 0.25) is 0 Å². The van der Waals surface area contributed by atoms with Crippen LogP contribution in [0, 0.1) is 0 Å². The average Bonchev–Trinajstić information content (AvgIpc) is 2.63. The Morgan fingerprint density at radius 2 is 1.92 bits per heavy atom. The van der Waals surface area contributed by atoms with Crippen molar-refractivity contribution in [2.45, 2.75) is 64.5 Å². The smallest absolute Gasteiger partial charge is 0.191 e. The van der Waals surface area contributed by atoms with Crippen molar-refractivity contribution in [3.8, 4) is 0 Å². The second-order valence-corrected chi connectivity index (χ2v) is 6.49. The fraction of sp³-hybridized carbons (Fsp3) is 0.650. The Morgan fingerprint density at radius 1 is 1.12 bits per heavy atom. The minimum atomic E-state index is 0.603. The van der Waals surface area contributed by atoms with Crippen LogP contribution in [-0.4, -0.2) is 31.7 Å². The van der Waals surface area contributed by atoms with Crippen LogP contribution in [0.5, 0.6) is 0 Å². The molecule has 0 aliphatic heterocycles. The molecule has 0 unspecified atom stereocenters. The molecule has 24 heavy (non-hydrogen) atoms. The molecule has 0 bridgehead atoms. The molecule has 0 saturated heterocycles. The van der Waals surface area contributed by atoms with Crippen LogP contribution in [0.25, 0.3) is 0 Å². The molecule has 134 valence electrons. The highest BCUT2D eigenvalue weighted by molar-refractivity contribution is 5.80. The lowest BCUT2D eigenvalue weighted by Gasteiger charge is -2.24. The second-order valence-electron chi connectivity index (χ2n) is 6.49. The van der Waals surface area contributed by atoms with E-state index in [4.69, 9.17) is 9.73 Å². The van der Waals surface area contributed by atoms with E-state index in [9.17, 15) is 0 Å². The molecule has 2 N–H and O–H groups in total. The molecule has 1 aliphatic rings. The maximum Gasteiger partial charge on any atom is 0.191 e. The van der Waals surface area contributed by atoms with Gasteiger partial charge in [-0.15, -0.1) is 0 Å². The van der Waals surface area contributed by atoms with Crippen LogP contribution in [-0.2, 0) is 11.3 Å². The molecule has 1 aromatic carbocycles. The highest BCUT2D eigenvalue weighted by Crippen LogP contribution is 2.17. The van der Waals surface area contributed by atoms with Crippen molar-refractivity contribution in [3.05, 3.63) is 35.9 Å². The summed E-state index contributed by atoms with van der Waals surface area (Å²) in [7, 11) is 0. The maximum atomic E-state index is 5.72. The van der Waals surface area contributed by atoms with Gasteiger partial charge in [-0.1, -0.05) is 49.6 Å². The monoisotopic (exact) mass is 331 g/mol. The summed E-state index contributed by atoms with van der Waals surface area (Å²) in [6.07, 6.45) is 8.74. The number of guanidine groups is 1. The Balaban J connectivity index is 1.57. The van der Waals surface area contributed by atoms with Crippen LogP contribution in [0.3, 0.4) is 0 Å². The lowest BCUT2D eigenvalue weighted by atomic mass is 9.96. The summed E-state index contributed by atoms with van der Waals surface area (Å²) in [6.45, 7) is 5.40. The summed E-state index contributed by atoms with van der Waals surface area (Å²) in [4.78, 5) is 4.70. The van der Waals surface area contributed by atoms with Gasteiger partial charge < -0.3 is 15.4 Å². The fourth-order valence-corrected chi connectivity index (χ4v) is 3.03. The van der Waals surface area contributed by atoms with Crippen molar-refractivity contribution in [2.75, 3.05) is 19.7 Å². The summed E-state index contributed by atoms with van der Waals surface area (Å²) in [6, 6.07) is 10.9. The van der Waals surface area contributed by atoms with E-state index in [2.05, 4.69) is 41.8 Å². The number of ether oxygens (including phenoxy) is 1. The van der Waals surface area contributed by atoms with Crippen LogP contribution in [0.4, 0.5) is 0 Å². The van der Waals surface area contributed by atoms with E-state index in [-0.39, 0.29) is 0 Å². The molecule has 0 heterocycles. The van der Waals surface area contributed by atoms with E-state index < -0.39 is 0 Å². The molecular weight excluding hydrogens is 298 g/mol. The van der Waals surface area contributed by atoms with Gasteiger partial charge in [0, 0.05) is 25.7 Å². The minimum Gasteiger partial charge on any atom is -0.377 e. The Morgan fingerprint density at radius 3 is 2.67 bits per heavy atom. The number of hydrogen-bond donors (Lipinski definition) is 2. The second kappa shape index (κ2) is 11.9.